The molecule has 0 amide bonds. The van der Waals surface area contributed by atoms with Gasteiger partial charge in [-0.15, -0.1) is 0 Å². The Hall–Kier alpha value is -0.743. The van der Waals surface area contributed by atoms with E-state index < -0.39 is 0 Å². The number of hydrogen-bond acceptors (Lipinski definition) is 2. The summed E-state index contributed by atoms with van der Waals surface area (Å²) in [5, 5.41) is 0. The molecule has 0 saturated heterocycles. The van der Waals surface area contributed by atoms with Gasteiger partial charge in [-0.3, -0.25) is 0 Å². The first-order valence-electron chi connectivity index (χ1n) is 2.13. The van der Waals surface area contributed by atoms with Gasteiger partial charge < -0.3 is 5.48 Å². The van der Waals surface area contributed by atoms with Gasteiger partial charge >= 0.3 is 0 Å². The van der Waals surface area contributed by atoms with Gasteiger partial charge in [0.25, 0.3) is 0 Å². The van der Waals surface area contributed by atoms with Crippen LogP contribution in [-0.4, -0.2) is 25.7 Å². The average Bonchev–Trinajstić information content (AvgIpc) is 1.69. The predicted octanol–water partition coefficient (Wildman–Crippen LogP) is -2.36. The van der Waals surface area contributed by atoms with E-state index in [0.29, 0.717) is 0 Å². The molecular formula is C4H8N2OSi. The van der Waals surface area contributed by atoms with Gasteiger partial charge in [0.05, 0.1) is 15.7 Å². The number of rotatable bonds is 0. The lowest BCUT2D eigenvalue weighted by atomic mass is 10.7. The summed E-state index contributed by atoms with van der Waals surface area (Å²) in [6, 6.07) is 1.82. The molecule has 0 spiro atoms. The zero-order chi connectivity index (χ0) is 5.11. The Labute approximate surface area is 50.5 Å². The van der Waals surface area contributed by atoms with Crippen LogP contribution in [0.2, 0.25) is 0 Å². The minimum absolute atomic E-state index is 0. The highest BCUT2D eigenvalue weighted by atomic mass is 28.1. The molecule has 1 aromatic rings. The molecule has 1 rings (SSSR count). The molecule has 44 valence electrons. The van der Waals surface area contributed by atoms with Crippen molar-refractivity contribution in [2.24, 2.45) is 0 Å². The van der Waals surface area contributed by atoms with E-state index in [-0.39, 0.29) is 5.48 Å². The van der Waals surface area contributed by atoms with Gasteiger partial charge in [-0.2, -0.15) is 0 Å². The molecule has 1 heterocycles. The van der Waals surface area contributed by atoms with E-state index in [0.717, 1.165) is 15.7 Å². The summed E-state index contributed by atoms with van der Waals surface area (Å²) in [7, 11) is 0.952. The van der Waals surface area contributed by atoms with E-state index in [2.05, 4.69) is 9.97 Å². The van der Waals surface area contributed by atoms with Crippen molar-refractivity contribution in [1.82, 2.24) is 9.97 Å². The van der Waals surface area contributed by atoms with Crippen molar-refractivity contribution in [2.75, 3.05) is 0 Å². The van der Waals surface area contributed by atoms with Gasteiger partial charge in [-0.25, -0.2) is 9.97 Å². The van der Waals surface area contributed by atoms with Crippen LogP contribution in [0.25, 0.3) is 0 Å². The van der Waals surface area contributed by atoms with Crippen molar-refractivity contribution in [3.8, 4) is 0 Å². The molecule has 0 radical (unpaired) electrons. The van der Waals surface area contributed by atoms with Crippen LogP contribution in [0, 0.1) is 0 Å². The van der Waals surface area contributed by atoms with Crippen molar-refractivity contribution in [3.63, 3.8) is 0 Å². The van der Waals surface area contributed by atoms with E-state index in [1.807, 2.05) is 6.07 Å². The summed E-state index contributed by atoms with van der Waals surface area (Å²) in [5.41, 5.74) is 0.961. The Balaban J connectivity index is 0.000000490. The monoisotopic (exact) mass is 128 g/mol. The van der Waals surface area contributed by atoms with Crippen molar-refractivity contribution in [2.45, 2.75) is 0 Å². The van der Waals surface area contributed by atoms with Crippen LogP contribution in [-0.2, 0) is 0 Å². The Morgan fingerprint density at radius 2 is 1.75 bits per heavy atom. The molecule has 4 heteroatoms. The predicted molar refractivity (Wildman–Crippen MR) is 35.2 cm³/mol. The molecule has 0 fully saturated rings. The third kappa shape index (κ3) is 1.81. The molecule has 0 aliphatic carbocycles. The minimum Gasteiger partial charge on any atom is -0.412 e. The molecule has 2 N–H and O–H groups in total. The first-order valence-corrected chi connectivity index (χ1v) is 3.13. The second kappa shape index (κ2) is 3.28. The summed E-state index contributed by atoms with van der Waals surface area (Å²) in [5.74, 6) is 0. The zero-order valence-corrected chi connectivity index (χ0v) is 6.63. The SMILES string of the molecule is O.[SiH3]c1ncccn1. The van der Waals surface area contributed by atoms with Crippen LogP contribution in [0.4, 0.5) is 0 Å². The number of hydrogen-bond donors (Lipinski definition) is 0. The lowest BCUT2D eigenvalue weighted by Gasteiger charge is -1.81. The van der Waals surface area contributed by atoms with Gasteiger partial charge in [0.15, 0.2) is 0 Å². The lowest BCUT2D eigenvalue weighted by Crippen LogP contribution is -2.10. The van der Waals surface area contributed by atoms with Gasteiger partial charge in [-0.05, 0) is 6.07 Å². The van der Waals surface area contributed by atoms with Crippen LogP contribution < -0.4 is 5.45 Å². The van der Waals surface area contributed by atoms with Crippen LogP contribution in [0.3, 0.4) is 0 Å². The molecule has 0 aliphatic heterocycles. The Morgan fingerprint density at radius 1 is 1.25 bits per heavy atom. The van der Waals surface area contributed by atoms with E-state index >= 15 is 0 Å². The highest BCUT2D eigenvalue weighted by Crippen LogP contribution is 1.64. The molecule has 0 aliphatic rings. The molecule has 1 aromatic heterocycles. The van der Waals surface area contributed by atoms with Gasteiger partial charge in [0.1, 0.15) is 0 Å². The molecule has 0 saturated carbocycles. The van der Waals surface area contributed by atoms with Gasteiger partial charge in [0.2, 0.25) is 0 Å². The van der Waals surface area contributed by atoms with Crippen molar-refractivity contribution in [1.29, 1.82) is 0 Å². The molecule has 0 bridgehead atoms. The molecule has 0 aromatic carbocycles. The third-order valence-corrected chi connectivity index (χ3v) is 1.21. The van der Waals surface area contributed by atoms with E-state index in [4.69, 9.17) is 0 Å². The molecule has 0 unspecified atom stereocenters. The van der Waals surface area contributed by atoms with Crippen LogP contribution in [0.15, 0.2) is 18.5 Å². The topological polar surface area (TPSA) is 57.3 Å². The first-order chi connectivity index (χ1) is 3.39. The van der Waals surface area contributed by atoms with Gasteiger partial charge in [-0.1, -0.05) is 0 Å². The maximum absolute atomic E-state index is 3.93. The summed E-state index contributed by atoms with van der Waals surface area (Å²) < 4.78 is 0. The molecule has 3 nitrogen and oxygen atoms in total. The van der Waals surface area contributed by atoms with Gasteiger partial charge in [0, 0.05) is 12.4 Å². The summed E-state index contributed by atoms with van der Waals surface area (Å²) in [6.07, 6.45) is 3.52. The highest BCUT2D eigenvalue weighted by molar-refractivity contribution is 6.28. The number of nitrogens with zero attached hydrogens (tertiary/aromatic N) is 2. The van der Waals surface area contributed by atoms with E-state index in [1.165, 1.54) is 0 Å². The standard InChI is InChI=1S/C4H6N2Si.H2O/c7-4-5-2-1-3-6-4;/h1-3H,7H3;1H2. The Morgan fingerprint density at radius 3 is 2.00 bits per heavy atom. The third-order valence-electron chi connectivity index (χ3n) is 0.695. The first kappa shape index (κ1) is 7.26. The molecule has 8 heavy (non-hydrogen) atoms. The Kier molecular flexibility index (Phi) is 2.98. The summed E-state index contributed by atoms with van der Waals surface area (Å²) >= 11 is 0. The summed E-state index contributed by atoms with van der Waals surface area (Å²) in [4.78, 5) is 7.86. The molecular weight excluding hydrogens is 120 g/mol. The maximum Gasteiger partial charge on any atom is 0.0951 e. The minimum atomic E-state index is 0. The lowest BCUT2D eigenvalue weighted by molar-refractivity contribution is 0.824. The smallest absolute Gasteiger partial charge is 0.0951 e. The second-order valence-electron chi connectivity index (χ2n) is 1.30. The maximum atomic E-state index is 3.93. The van der Waals surface area contributed by atoms with Crippen LogP contribution in [0.5, 0.6) is 0 Å². The zero-order valence-electron chi connectivity index (χ0n) is 4.63. The normalized spacial score (nSPS) is 8.00. The number of aromatic nitrogens is 2. The highest BCUT2D eigenvalue weighted by Gasteiger charge is 1.74. The fourth-order valence-electron chi connectivity index (χ4n) is 0.374. The fourth-order valence-corrected chi connectivity index (χ4v) is 0.672. The van der Waals surface area contributed by atoms with E-state index in [1.54, 1.807) is 12.4 Å². The quantitative estimate of drug-likeness (QED) is 0.367. The van der Waals surface area contributed by atoms with Crippen molar-refractivity contribution in [3.05, 3.63) is 18.5 Å². The Bertz CT molecular complexity index is 144. The largest absolute Gasteiger partial charge is 0.412 e. The van der Waals surface area contributed by atoms with Crippen LogP contribution >= 0.6 is 0 Å². The molecule has 0 atom stereocenters. The average molecular weight is 128 g/mol. The summed E-state index contributed by atoms with van der Waals surface area (Å²) in [6.45, 7) is 0. The fraction of sp³-hybridized carbons (Fsp3) is 0. The van der Waals surface area contributed by atoms with Crippen LogP contribution in [0.1, 0.15) is 0 Å². The van der Waals surface area contributed by atoms with Crippen molar-refractivity contribution >= 4 is 15.7 Å². The second-order valence-corrected chi connectivity index (χ2v) is 2.19. The van der Waals surface area contributed by atoms with E-state index in [9.17, 15) is 0 Å². The van der Waals surface area contributed by atoms with Crippen molar-refractivity contribution < 1.29 is 5.48 Å².